The number of benzene rings is 1. The highest BCUT2D eigenvalue weighted by Gasteiger charge is 2.23. The van der Waals surface area contributed by atoms with Crippen molar-refractivity contribution >= 4 is 5.97 Å². The number of phenols is 1. The highest BCUT2D eigenvalue weighted by Crippen LogP contribution is 2.27. The number of aromatic hydroxyl groups is 1. The van der Waals surface area contributed by atoms with Gasteiger partial charge in [0.05, 0.1) is 6.42 Å². The molecule has 0 unspecified atom stereocenters. The summed E-state index contributed by atoms with van der Waals surface area (Å²) in [6.45, 7) is 3.74. The van der Waals surface area contributed by atoms with Gasteiger partial charge in [-0.2, -0.15) is 0 Å². The number of hydrogen-bond donors (Lipinski definition) is 2. The van der Waals surface area contributed by atoms with E-state index in [1.54, 1.807) is 24.3 Å². The van der Waals surface area contributed by atoms with Crippen molar-refractivity contribution < 1.29 is 15.0 Å². The first-order chi connectivity index (χ1) is 6.42. The van der Waals surface area contributed by atoms with Crippen molar-refractivity contribution in [1.29, 1.82) is 0 Å². The predicted molar refractivity (Wildman–Crippen MR) is 53.4 cm³/mol. The van der Waals surface area contributed by atoms with E-state index >= 15 is 0 Å². The van der Waals surface area contributed by atoms with Crippen molar-refractivity contribution in [2.24, 2.45) is 0 Å². The molecule has 0 radical (unpaired) electrons. The summed E-state index contributed by atoms with van der Waals surface area (Å²) in [4.78, 5) is 10.6. The lowest BCUT2D eigenvalue weighted by molar-refractivity contribution is -0.138. The van der Waals surface area contributed by atoms with Crippen LogP contribution in [0.25, 0.3) is 0 Å². The van der Waals surface area contributed by atoms with E-state index in [1.165, 1.54) is 0 Å². The highest BCUT2D eigenvalue weighted by atomic mass is 16.4. The van der Waals surface area contributed by atoms with E-state index in [9.17, 15) is 4.79 Å². The van der Waals surface area contributed by atoms with Crippen molar-refractivity contribution in [1.82, 2.24) is 0 Å². The van der Waals surface area contributed by atoms with Crippen LogP contribution in [0.15, 0.2) is 24.3 Å². The molecule has 0 saturated carbocycles. The summed E-state index contributed by atoms with van der Waals surface area (Å²) in [5.41, 5.74) is 0.511. The molecule has 0 aliphatic rings. The summed E-state index contributed by atoms with van der Waals surface area (Å²) in [6, 6.07) is 6.63. The Labute approximate surface area is 83.0 Å². The monoisotopic (exact) mass is 194 g/mol. The van der Waals surface area contributed by atoms with Crippen LogP contribution >= 0.6 is 0 Å². The van der Waals surface area contributed by atoms with Crippen molar-refractivity contribution in [3.05, 3.63) is 29.8 Å². The third-order valence-corrected chi connectivity index (χ3v) is 2.24. The summed E-state index contributed by atoms with van der Waals surface area (Å²) >= 11 is 0. The Morgan fingerprint density at radius 1 is 1.29 bits per heavy atom. The van der Waals surface area contributed by atoms with Gasteiger partial charge in [-0.05, 0) is 17.7 Å². The van der Waals surface area contributed by atoms with Crippen LogP contribution in [0.3, 0.4) is 0 Å². The molecule has 0 aliphatic carbocycles. The lowest BCUT2D eigenvalue weighted by Crippen LogP contribution is -2.21. The fourth-order valence-corrected chi connectivity index (χ4v) is 1.39. The number of rotatable bonds is 3. The summed E-state index contributed by atoms with van der Waals surface area (Å²) in [7, 11) is 0. The maximum atomic E-state index is 10.6. The fourth-order valence-electron chi connectivity index (χ4n) is 1.39. The van der Waals surface area contributed by atoms with Crippen molar-refractivity contribution in [2.45, 2.75) is 25.7 Å². The average Bonchev–Trinajstić information content (AvgIpc) is 2.02. The van der Waals surface area contributed by atoms with E-state index in [0.29, 0.717) is 0 Å². The van der Waals surface area contributed by atoms with Crippen LogP contribution in [-0.4, -0.2) is 16.2 Å². The molecule has 1 aromatic rings. The van der Waals surface area contributed by atoms with Crippen molar-refractivity contribution in [3.63, 3.8) is 0 Å². The van der Waals surface area contributed by atoms with Gasteiger partial charge in [0.15, 0.2) is 0 Å². The van der Waals surface area contributed by atoms with Crippen LogP contribution in [0, 0.1) is 0 Å². The number of carbonyl (C=O) groups is 1. The standard InChI is InChI=1S/C11H14O3/c1-11(2,7-10(13)14)8-3-5-9(12)6-4-8/h3-6,12H,7H2,1-2H3,(H,13,14). The summed E-state index contributed by atoms with van der Waals surface area (Å²) in [5, 5.41) is 17.8. The average molecular weight is 194 g/mol. The van der Waals surface area contributed by atoms with Gasteiger partial charge in [0, 0.05) is 5.41 Å². The number of hydrogen-bond acceptors (Lipinski definition) is 2. The van der Waals surface area contributed by atoms with Gasteiger partial charge in [0.1, 0.15) is 5.75 Å². The molecule has 14 heavy (non-hydrogen) atoms. The Kier molecular flexibility index (Phi) is 2.79. The van der Waals surface area contributed by atoms with E-state index in [-0.39, 0.29) is 12.2 Å². The van der Waals surface area contributed by atoms with Gasteiger partial charge < -0.3 is 10.2 Å². The van der Waals surface area contributed by atoms with Crippen molar-refractivity contribution in [3.8, 4) is 5.75 Å². The largest absolute Gasteiger partial charge is 0.508 e. The van der Waals surface area contributed by atoms with Crippen LogP contribution in [0.5, 0.6) is 5.75 Å². The molecule has 0 heterocycles. The van der Waals surface area contributed by atoms with Crippen LogP contribution in [-0.2, 0) is 10.2 Å². The second kappa shape index (κ2) is 3.70. The van der Waals surface area contributed by atoms with Crippen LogP contribution in [0.1, 0.15) is 25.8 Å². The Bertz CT molecular complexity index is 325. The van der Waals surface area contributed by atoms with Gasteiger partial charge in [-0.3, -0.25) is 4.79 Å². The quantitative estimate of drug-likeness (QED) is 0.775. The Morgan fingerprint density at radius 3 is 2.21 bits per heavy atom. The molecule has 1 aromatic carbocycles. The molecule has 0 aliphatic heterocycles. The fraction of sp³-hybridized carbons (Fsp3) is 0.364. The SMILES string of the molecule is CC(C)(CC(=O)O)c1ccc(O)cc1. The van der Waals surface area contributed by atoms with Gasteiger partial charge in [0.25, 0.3) is 0 Å². The molecule has 0 atom stereocenters. The third kappa shape index (κ3) is 2.49. The zero-order valence-corrected chi connectivity index (χ0v) is 8.32. The first-order valence-corrected chi connectivity index (χ1v) is 4.43. The zero-order chi connectivity index (χ0) is 10.8. The summed E-state index contributed by atoms with van der Waals surface area (Å²) in [5.74, 6) is -0.622. The Hall–Kier alpha value is -1.51. The van der Waals surface area contributed by atoms with Crippen LogP contribution < -0.4 is 0 Å². The smallest absolute Gasteiger partial charge is 0.304 e. The predicted octanol–water partition coefficient (Wildman–Crippen LogP) is 2.14. The molecule has 0 aromatic heterocycles. The second-order valence-electron chi connectivity index (χ2n) is 4.00. The molecule has 0 fully saturated rings. The van der Waals surface area contributed by atoms with E-state index in [1.807, 2.05) is 13.8 Å². The zero-order valence-electron chi connectivity index (χ0n) is 8.32. The van der Waals surface area contributed by atoms with Gasteiger partial charge >= 0.3 is 5.97 Å². The summed E-state index contributed by atoms with van der Waals surface area (Å²) < 4.78 is 0. The Balaban J connectivity index is 2.91. The minimum atomic E-state index is -0.817. The molecular weight excluding hydrogens is 180 g/mol. The maximum absolute atomic E-state index is 10.6. The molecule has 2 N–H and O–H groups in total. The minimum Gasteiger partial charge on any atom is -0.508 e. The minimum absolute atomic E-state index is 0.0811. The number of carboxylic acids is 1. The maximum Gasteiger partial charge on any atom is 0.304 e. The lowest BCUT2D eigenvalue weighted by atomic mass is 9.82. The van der Waals surface area contributed by atoms with Crippen molar-refractivity contribution in [2.75, 3.05) is 0 Å². The first kappa shape index (κ1) is 10.6. The van der Waals surface area contributed by atoms with Gasteiger partial charge in [-0.15, -0.1) is 0 Å². The number of carboxylic acid groups (broad SMARTS) is 1. The molecule has 1 rings (SSSR count). The van der Waals surface area contributed by atoms with E-state index < -0.39 is 11.4 Å². The van der Waals surface area contributed by atoms with Crippen LogP contribution in [0.4, 0.5) is 0 Å². The highest BCUT2D eigenvalue weighted by molar-refractivity contribution is 5.68. The molecular formula is C11H14O3. The normalized spacial score (nSPS) is 11.3. The van der Waals surface area contributed by atoms with E-state index in [2.05, 4.69) is 0 Å². The van der Waals surface area contributed by atoms with Gasteiger partial charge in [-0.1, -0.05) is 26.0 Å². The van der Waals surface area contributed by atoms with Gasteiger partial charge in [0.2, 0.25) is 0 Å². The molecule has 3 nitrogen and oxygen atoms in total. The molecule has 0 saturated heterocycles. The molecule has 0 amide bonds. The van der Waals surface area contributed by atoms with E-state index in [0.717, 1.165) is 5.56 Å². The third-order valence-electron chi connectivity index (χ3n) is 2.24. The second-order valence-corrected chi connectivity index (χ2v) is 4.00. The molecule has 0 spiro atoms. The number of phenolic OH excluding ortho intramolecular Hbond substituents is 1. The lowest BCUT2D eigenvalue weighted by Gasteiger charge is -2.22. The molecule has 0 bridgehead atoms. The topological polar surface area (TPSA) is 57.5 Å². The first-order valence-electron chi connectivity index (χ1n) is 4.43. The van der Waals surface area contributed by atoms with Crippen LogP contribution in [0.2, 0.25) is 0 Å². The molecule has 3 heteroatoms. The Morgan fingerprint density at radius 2 is 1.79 bits per heavy atom. The number of aliphatic carboxylic acids is 1. The molecule has 76 valence electrons. The van der Waals surface area contributed by atoms with Gasteiger partial charge in [-0.25, -0.2) is 0 Å². The van der Waals surface area contributed by atoms with E-state index in [4.69, 9.17) is 10.2 Å². The summed E-state index contributed by atoms with van der Waals surface area (Å²) in [6.07, 6.45) is 0.0811.